The van der Waals surface area contributed by atoms with Gasteiger partial charge in [0.15, 0.2) is 12.4 Å². The first-order valence-electron chi connectivity index (χ1n) is 9.50. The van der Waals surface area contributed by atoms with Crippen LogP contribution in [0.5, 0.6) is 5.75 Å². The lowest BCUT2D eigenvalue weighted by Crippen LogP contribution is -2.41. The molecule has 0 unspecified atom stereocenters. The highest BCUT2D eigenvalue weighted by Gasteiger charge is 2.23. The third-order valence-corrected chi connectivity index (χ3v) is 4.96. The van der Waals surface area contributed by atoms with E-state index < -0.39 is 0 Å². The predicted octanol–water partition coefficient (Wildman–Crippen LogP) is 2.90. The summed E-state index contributed by atoms with van der Waals surface area (Å²) >= 11 is 0. The van der Waals surface area contributed by atoms with Crippen molar-refractivity contribution < 1.29 is 14.3 Å². The summed E-state index contributed by atoms with van der Waals surface area (Å²) < 4.78 is 5.54. The van der Waals surface area contributed by atoms with E-state index in [2.05, 4.69) is 17.1 Å². The molecule has 1 N–H and O–H groups in total. The van der Waals surface area contributed by atoms with E-state index in [9.17, 15) is 9.59 Å². The Hall–Kier alpha value is -2.66. The molecule has 27 heavy (non-hydrogen) atoms. The Balaban J connectivity index is 1.46. The number of ether oxygens (including phenoxy) is 1. The minimum absolute atomic E-state index is 0.0230. The van der Waals surface area contributed by atoms with E-state index in [-0.39, 0.29) is 18.3 Å². The molecule has 1 fully saturated rings. The van der Waals surface area contributed by atoms with Crippen molar-refractivity contribution in [3.63, 3.8) is 0 Å². The maximum absolute atomic E-state index is 12.4. The number of likely N-dealkylation sites (tertiary alicyclic amines) is 1. The molecule has 1 aliphatic rings. The first-order valence-corrected chi connectivity index (χ1v) is 9.50. The third kappa shape index (κ3) is 5.17. The average Bonchev–Trinajstić information content (AvgIpc) is 3.19. The summed E-state index contributed by atoms with van der Waals surface area (Å²) in [6.45, 7) is 4.92. The summed E-state index contributed by atoms with van der Waals surface area (Å²) in [5.41, 5.74) is 1.25. The molecule has 0 spiro atoms. The van der Waals surface area contributed by atoms with Crippen molar-refractivity contribution in [2.24, 2.45) is 0 Å². The standard InChI is InChI=1S/C22H26N2O3/c1-2-24-14-6-9-19(24)15-23-21(25)16-27-20-12-10-18(11-13-20)22(26)17-7-4-3-5-8-17/h3-5,7-8,10-13,19H,2,6,9,14-16H2,1H3,(H,23,25)/t19-/m1/s1. The van der Waals surface area contributed by atoms with Crippen molar-refractivity contribution in [3.8, 4) is 5.75 Å². The largest absolute Gasteiger partial charge is 0.484 e. The van der Waals surface area contributed by atoms with Crippen molar-refractivity contribution in [3.05, 3.63) is 65.7 Å². The van der Waals surface area contributed by atoms with Gasteiger partial charge in [0, 0.05) is 23.7 Å². The smallest absolute Gasteiger partial charge is 0.257 e. The van der Waals surface area contributed by atoms with Gasteiger partial charge >= 0.3 is 0 Å². The van der Waals surface area contributed by atoms with Crippen LogP contribution in [0.3, 0.4) is 0 Å². The molecule has 2 aromatic rings. The van der Waals surface area contributed by atoms with Crippen LogP contribution in [0.4, 0.5) is 0 Å². The average molecular weight is 366 g/mol. The minimum Gasteiger partial charge on any atom is -0.484 e. The van der Waals surface area contributed by atoms with Crippen molar-refractivity contribution in [1.29, 1.82) is 0 Å². The van der Waals surface area contributed by atoms with Crippen LogP contribution in [0, 0.1) is 0 Å². The second kappa shape index (κ2) is 9.33. The van der Waals surface area contributed by atoms with E-state index in [1.54, 1.807) is 36.4 Å². The molecule has 1 heterocycles. The molecular formula is C22H26N2O3. The zero-order chi connectivity index (χ0) is 19.1. The van der Waals surface area contributed by atoms with Crippen LogP contribution in [0.15, 0.2) is 54.6 Å². The van der Waals surface area contributed by atoms with Gasteiger partial charge < -0.3 is 10.1 Å². The summed E-state index contributed by atoms with van der Waals surface area (Å²) in [4.78, 5) is 26.8. The van der Waals surface area contributed by atoms with E-state index >= 15 is 0 Å². The number of nitrogens with one attached hydrogen (secondary N) is 1. The quantitative estimate of drug-likeness (QED) is 0.730. The van der Waals surface area contributed by atoms with E-state index in [0.717, 1.165) is 19.5 Å². The van der Waals surface area contributed by atoms with Crippen molar-refractivity contribution >= 4 is 11.7 Å². The summed E-state index contributed by atoms with van der Waals surface area (Å²) in [5, 5.41) is 2.95. The number of benzene rings is 2. The number of rotatable bonds is 8. The fourth-order valence-corrected chi connectivity index (χ4v) is 3.43. The minimum atomic E-state index is -0.123. The molecule has 0 bridgehead atoms. The molecular weight excluding hydrogens is 340 g/mol. The van der Waals surface area contributed by atoms with Crippen molar-refractivity contribution in [2.75, 3.05) is 26.2 Å². The number of carbonyl (C=O) groups excluding carboxylic acids is 2. The van der Waals surface area contributed by atoms with Gasteiger partial charge in [-0.2, -0.15) is 0 Å². The van der Waals surface area contributed by atoms with Crippen LogP contribution in [-0.4, -0.2) is 48.9 Å². The molecule has 5 nitrogen and oxygen atoms in total. The number of carbonyl (C=O) groups is 2. The molecule has 1 saturated heterocycles. The van der Waals surface area contributed by atoms with E-state index in [4.69, 9.17) is 4.74 Å². The summed E-state index contributed by atoms with van der Waals surface area (Å²) in [7, 11) is 0. The van der Waals surface area contributed by atoms with E-state index in [0.29, 0.717) is 29.5 Å². The molecule has 142 valence electrons. The van der Waals surface area contributed by atoms with Crippen LogP contribution in [-0.2, 0) is 4.79 Å². The third-order valence-electron chi connectivity index (χ3n) is 4.96. The van der Waals surface area contributed by atoms with Gasteiger partial charge in [0.05, 0.1) is 0 Å². The maximum Gasteiger partial charge on any atom is 0.257 e. The van der Waals surface area contributed by atoms with Crippen molar-refractivity contribution in [1.82, 2.24) is 10.2 Å². The number of hydrogen-bond donors (Lipinski definition) is 1. The zero-order valence-corrected chi connectivity index (χ0v) is 15.7. The molecule has 0 aliphatic carbocycles. The number of nitrogens with zero attached hydrogens (tertiary/aromatic N) is 1. The number of ketones is 1. The Labute approximate surface area is 160 Å². The second-order valence-electron chi connectivity index (χ2n) is 6.74. The van der Waals surface area contributed by atoms with Crippen LogP contribution in [0.25, 0.3) is 0 Å². The first kappa shape index (κ1) is 19.1. The molecule has 0 aromatic heterocycles. The Morgan fingerprint density at radius 3 is 2.48 bits per heavy atom. The topological polar surface area (TPSA) is 58.6 Å². The van der Waals surface area contributed by atoms with Crippen LogP contribution in [0.1, 0.15) is 35.7 Å². The van der Waals surface area contributed by atoms with Crippen molar-refractivity contribution in [2.45, 2.75) is 25.8 Å². The fourth-order valence-electron chi connectivity index (χ4n) is 3.43. The lowest BCUT2D eigenvalue weighted by Gasteiger charge is -2.22. The van der Waals surface area contributed by atoms with Gasteiger partial charge in [-0.3, -0.25) is 14.5 Å². The zero-order valence-electron chi connectivity index (χ0n) is 15.7. The Bertz CT molecular complexity index is 759. The second-order valence-corrected chi connectivity index (χ2v) is 6.74. The Morgan fingerprint density at radius 1 is 1.07 bits per heavy atom. The van der Waals surface area contributed by atoms with E-state index in [1.807, 2.05) is 18.2 Å². The predicted molar refractivity (Wildman–Crippen MR) is 105 cm³/mol. The lowest BCUT2D eigenvalue weighted by molar-refractivity contribution is -0.123. The monoisotopic (exact) mass is 366 g/mol. The maximum atomic E-state index is 12.4. The van der Waals surface area contributed by atoms with Gasteiger partial charge in [0.25, 0.3) is 5.91 Å². The molecule has 3 rings (SSSR count). The Morgan fingerprint density at radius 2 is 1.78 bits per heavy atom. The molecule has 0 radical (unpaired) electrons. The van der Waals surface area contributed by atoms with Crippen LogP contribution in [0.2, 0.25) is 0 Å². The Kier molecular flexibility index (Phi) is 6.60. The SMILES string of the molecule is CCN1CCC[C@@H]1CNC(=O)COc1ccc(C(=O)c2ccccc2)cc1. The molecule has 1 aliphatic heterocycles. The molecule has 5 heteroatoms. The molecule has 2 aromatic carbocycles. The van der Waals surface area contributed by atoms with Crippen LogP contribution >= 0.6 is 0 Å². The summed E-state index contributed by atoms with van der Waals surface area (Å²) in [6, 6.07) is 16.5. The van der Waals surface area contributed by atoms with Gasteiger partial charge in [-0.15, -0.1) is 0 Å². The van der Waals surface area contributed by atoms with Gasteiger partial charge in [0.1, 0.15) is 5.75 Å². The van der Waals surface area contributed by atoms with E-state index in [1.165, 1.54) is 6.42 Å². The fraction of sp³-hybridized carbons (Fsp3) is 0.364. The summed E-state index contributed by atoms with van der Waals surface area (Å²) in [6.07, 6.45) is 2.32. The molecule has 0 saturated carbocycles. The van der Waals surface area contributed by atoms with Crippen LogP contribution < -0.4 is 10.1 Å². The number of likely N-dealkylation sites (N-methyl/N-ethyl adjacent to an activating group) is 1. The van der Waals surface area contributed by atoms with Gasteiger partial charge in [0.2, 0.25) is 0 Å². The van der Waals surface area contributed by atoms with Gasteiger partial charge in [-0.25, -0.2) is 0 Å². The number of hydrogen-bond acceptors (Lipinski definition) is 4. The molecule has 1 amide bonds. The highest BCUT2D eigenvalue weighted by molar-refractivity contribution is 6.08. The lowest BCUT2D eigenvalue weighted by atomic mass is 10.0. The normalized spacial score (nSPS) is 16.9. The molecule has 1 atom stereocenters. The van der Waals surface area contributed by atoms with Gasteiger partial charge in [-0.05, 0) is 50.2 Å². The summed E-state index contributed by atoms with van der Waals surface area (Å²) in [5.74, 6) is 0.421. The number of amides is 1. The highest BCUT2D eigenvalue weighted by atomic mass is 16.5. The highest BCUT2D eigenvalue weighted by Crippen LogP contribution is 2.16. The first-order chi connectivity index (χ1) is 13.2. The van der Waals surface area contributed by atoms with Gasteiger partial charge in [-0.1, -0.05) is 37.3 Å².